The second-order valence-electron chi connectivity index (χ2n) is 8.30. The molecular weight excluding hydrogens is 358 g/mol. The molecule has 0 unspecified atom stereocenters. The molecule has 29 heavy (non-hydrogen) atoms. The van der Waals surface area contributed by atoms with Gasteiger partial charge in [0.1, 0.15) is 12.4 Å². The largest absolute Gasteiger partial charge is 0.489 e. The molecule has 4 rings (SSSR count). The van der Waals surface area contributed by atoms with Gasteiger partial charge in [0.25, 0.3) is 0 Å². The first-order valence-corrected chi connectivity index (χ1v) is 11.0. The average Bonchev–Trinajstić information content (AvgIpc) is 2.81. The number of likely N-dealkylation sites (tertiary alicyclic amines) is 1. The van der Waals surface area contributed by atoms with Crippen molar-refractivity contribution in [2.24, 2.45) is 0 Å². The summed E-state index contributed by atoms with van der Waals surface area (Å²) in [4.78, 5) is 4.57. The lowest BCUT2D eigenvalue weighted by Gasteiger charge is -2.41. The molecule has 0 amide bonds. The number of benzene rings is 2. The molecule has 0 N–H and O–H groups in total. The predicted octanol–water partition coefficient (Wildman–Crippen LogP) is 5.35. The van der Waals surface area contributed by atoms with Crippen LogP contribution in [-0.2, 0) is 6.61 Å². The quantitative estimate of drug-likeness (QED) is 0.493. The Morgan fingerprint density at radius 2 is 1.59 bits per heavy atom. The lowest BCUT2D eigenvalue weighted by molar-refractivity contribution is 0.123. The van der Waals surface area contributed by atoms with E-state index in [-0.39, 0.29) is 0 Å². The van der Waals surface area contributed by atoms with Crippen molar-refractivity contribution >= 4 is 5.69 Å². The molecule has 152 valence electrons. The summed E-state index contributed by atoms with van der Waals surface area (Å²) in [6.45, 7) is 2.79. The van der Waals surface area contributed by atoms with Gasteiger partial charge in [-0.25, -0.2) is 0 Å². The molecule has 4 nitrogen and oxygen atoms in total. The zero-order valence-corrected chi connectivity index (χ0v) is 17.2. The molecule has 1 aliphatic heterocycles. The van der Waals surface area contributed by atoms with Crippen molar-refractivity contribution in [3.05, 3.63) is 60.2 Å². The third-order valence-corrected chi connectivity index (χ3v) is 6.43. The van der Waals surface area contributed by atoms with Crippen LogP contribution in [-0.4, -0.2) is 30.1 Å². The Bertz CT molecular complexity index is 785. The minimum atomic E-state index is 0.302. The van der Waals surface area contributed by atoms with E-state index in [9.17, 15) is 5.26 Å². The molecule has 2 aromatic carbocycles. The summed E-state index contributed by atoms with van der Waals surface area (Å²) in [7, 11) is 0. The van der Waals surface area contributed by atoms with E-state index in [1.54, 1.807) is 0 Å². The Morgan fingerprint density at radius 1 is 0.897 bits per heavy atom. The van der Waals surface area contributed by atoms with E-state index < -0.39 is 0 Å². The molecule has 0 bridgehead atoms. The molecule has 1 saturated heterocycles. The lowest BCUT2D eigenvalue weighted by atomic mass is 9.92. The first kappa shape index (κ1) is 19.8. The summed E-state index contributed by atoms with van der Waals surface area (Å²) in [6, 6.07) is 19.2. The fourth-order valence-corrected chi connectivity index (χ4v) is 4.75. The highest BCUT2D eigenvalue weighted by Crippen LogP contribution is 2.29. The number of piperidine rings is 1. The highest BCUT2D eigenvalue weighted by molar-refractivity contribution is 5.53. The van der Waals surface area contributed by atoms with Crippen molar-refractivity contribution in [2.75, 3.05) is 18.0 Å². The molecule has 0 radical (unpaired) electrons. The third-order valence-electron chi connectivity index (χ3n) is 6.43. The Kier molecular flexibility index (Phi) is 6.69. The van der Waals surface area contributed by atoms with Crippen LogP contribution < -0.4 is 9.64 Å². The second kappa shape index (κ2) is 9.80. The summed E-state index contributed by atoms with van der Waals surface area (Å²) in [6.07, 6.45) is 11.4. The second-order valence-corrected chi connectivity index (χ2v) is 8.30. The molecule has 1 saturated carbocycles. The first-order valence-electron chi connectivity index (χ1n) is 11.0. The maximum atomic E-state index is 9.80. The molecule has 4 heteroatoms. The van der Waals surface area contributed by atoms with Crippen LogP contribution in [0, 0.1) is 11.5 Å². The van der Waals surface area contributed by atoms with Crippen molar-refractivity contribution in [3.8, 4) is 11.9 Å². The van der Waals surface area contributed by atoms with Gasteiger partial charge in [-0.1, -0.05) is 49.6 Å². The van der Waals surface area contributed by atoms with E-state index in [0.717, 1.165) is 49.0 Å². The van der Waals surface area contributed by atoms with Gasteiger partial charge < -0.3 is 9.64 Å². The molecule has 1 aliphatic carbocycles. The van der Waals surface area contributed by atoms with Gasteiger partial charge in [-0.2, -0.15) is 5.26 Å². The molecule has 2 fully saturated rings. The third kappa shape index (κ3) is 5.10. The summed E-state index contributed by atoms with van der Waals surface area (Å²) in [5, 5.41) is 9.80. The van der Waals surface area contributed by atoms with Gasteiger partial charge >= 0.3 is 0 Å². The normalized spacial score (nSPS) is 18.9. The van der Waals surface area contributed by atoms with Crippen molar-refractivity contribution in [2.45, 2.75) is 63.6 Å². The predicted molar refractivity (Wildman–Crippen MR) is 117 cm³/mol. The van der Waals surface area contributed by atoms with Crippen molar-refractivity contribution in [3.63, 3.8) is 0 Å². The summed E-state index contributed by atoms with van der Waals surface area (Å²) >= 11 is 0. The van der Waals surface area contributed by atoms with Crippen LogP contribution in [0.25, 0.3) is 0 Å². The minimum absolute atomic E-state index is 0.302. The van der Waals surface area contributed by atoms with Crippen LogP contribution >= 0.6 is 0 Å². The molecule has 2 aliphatic rings. The van der Waals surface area contributed by atoms with E-state index in [1.165, 1.54) is 32.1 Å². The van der Waals surface area contributed by atoms with Crippen LogP contribution in [0.3, 0.4) is 0 Å². The van der Waals surface area contributed by atoms with Crippen LogP contribution in [0.2, 0.25) is 0 Å². The first-order chi connectivity index (χ1) is 14.3. The maximum absolute atomic E-state index is 9.80. The van der Waals surface area contributed by atoms with Gasteiger partial charge in [-0.05, 0) is 55.5 Å². The zero-order valence-electron chi connectivity index (χ0n) is 17.2. The molecule has 0 aromatic heterocycles. The summed E-state index contributed by atoms with van der Waals surface area (Å²) < 4.78 is 5.88. The highest BCUT2D eigenvalue weighted by Gasteiger charge is 2.29. The van der Waals surface area contributed by atoms with Crippen molar-refractivity contribution < 1.29 is 4.74 Å². The molecule has 0 spiro atoms. The van der Waals surface area contributed by atoms with Gasteiger partial charge in [-0.3, -0.25) is 4.90 Å². The lowest BCUT2D eigenvalue weighted by Crippen LogP contribution is -2.47. The van der Waals surface area contributed by atoms with Crippen LogP contribution in [0.1, 0.15) is 50.5 Å². The minimum Gasteiger partial charge on any atom is -0.489 e. The van der Waals surface area contributed by atoms with E-state index in [1.807, 2.05) is 47.4 Å². The number of hydrogen-bond acceptors (Lipinski definition) is 4. The summed E-state index contributed by atoms with van der Waals surface area (Å²) in [5.74, 6) is 0.836. The van der Waals surface area contributed by atoms with Crippen LogP contribution in [0.4, 0.5) is 5.69 Å². The van der Waals surface area contributed by atoms with Crippen LogP contribution in [0.5, 0.6) is 5.75 Å². The van der Waals surface area contributed by atoms with Gasteiger partial charge in [0.15, 0.2) is 6.19 Å². The Labute approximate surface area is 174 Å². The van der Waals surface area contributed by atoms with Gasteiger partial charge in [0.2, 0.25) is 0 Å². The zero-order chi connectivity index (χ0) is 19.9. The van der Waals surface area contributed by atoms with Gasteiger partial charge in [0.05, 0.1) is 5.69 Å². The molecule has 0 atom stereocenters. The number of ether oxygens (including phenoxy) is 1. The Hall–Kier alpha value is -2.51. The maximum Gasteiger partial charge on any atom is 0.184 e. The molecular formula is C25H31N3O. The van der Waals surface area contributed by atoms with Gasteiger partial charge in [0, 0.05) is 25.2 Å². The van der Waals surface area contributed by atoms with Gasteiger partial charge in [-0.15, -0.1) is 0 Å². The topological polar surface area (TPSA) is 39.5 Å². The monoisotopic (exact) mass is 389 g/mol. The fourth-order valence-electron chi connectivity index (χ4n) is 4.75. The Balaban J connectivity index is 1.31. The smallest absolute Gasteiger partial charge is 0.184 e. The number of anilines is 1. The van der Waals surface area contributed by atoms with Crippen molar-refractivity contribution in [1.29, 1.82) is 5.26 Å². The van der Waals surface area contributed by atoms with E-state index in [0.29, 0.717) is 12.6 Å². The van der Waals surface area contributed by atoms with E-state index in [2.05, 4.69) is 23.2 Å². The number of rotatable bonds is 6. The van der Waals surface area contributed by atoms with E-state index in [4.69, 9.17) is 4.74 Å². The number of hydrogen-bond donors (Lipinski definition) is 0. The summed E-state index contributed by atoms with van der Waals surface area (Å²) in [5.41, 5.74) is 2.12. The fraction of sp³-hybridized carbons (Fsp3) is 0.480. The van der Waals surface area contributed by atoms with Crippen LogP contribution in [0.15, 0.2) is 54.6 Å². The highest BCUT2D eigenvalue weighted by atomic mass is 16.5. The van der Waals surface area contributed by atoms with Crippen molar-refractivity contribution in [1.82, 2.24) is 4.90 Å². The van der Waals surface area contributed by atoms with E-state index >= 15 is 0 Å². The molecule has 2 aromatic rings. The SMILES string of the molecule is N#CN(c1ccc(OCc2ccccc2)cc1)C1CCN(C2CCCCC2)CC1. The average molecular weight is 390 g/mol. The Morgan fingerprint density at radius 3 is 2.24 bits per heavy atom. The standard InChI is InChI=1S/C25H31N3O/c26-20-28(24-15-17-27(18-16-24)22-9-5-2-6-10-22)23-11-13-25(14-12-23)29-19-21-7-3-1-4-8-21/h1,3-4,7-8,11-14,22,24H,2,5-6,9-10,15-19H2. The number of nitrogens with zero attached hydrogens (tertiary/aromatic N) is 3. The molecule has 1 heterocycles. The number of nitriles is 1.